The number of hydrogen-bond donors (Lipinski definition) is 0. The van der Waals surface area contributed by atoms with Crippen molar-refractivity contribution < 1.29 is 18.3 Å². The molecular formula is C10H7ClF2N2O2. The van der Waals surface area contributed by atoms with Crippen LogP contribution >= 0.6 is 11.6 Å². The Kier molecular flexibility index (Phi) is 4.35. The Balaban J connectivity index is 3.34. The van der Waals surface area contributed by atoms with Gasteiger partial charge in [-0.1, -0.05) is 11.6 Å². The Morgan fingerprint density at radius 1 is 1.71 bits per heavy atom. The fraction of sp³-hybridized carbons (Fsp3) is 0.300. The van der Waals surface area contributed by atoms with Gasteiger partial charge in [-0.3, -0.25) is 0 Å². The zero-order chi connectivity index (χ0) is 13.0. The van der Waals surface area contributed by atoms with Gasteiger partial charge in [0.05, 0.1) is 22.8 Å². The third-order valence-electron chi connectivity index (χ3n) is 1.87. The third-order valence-corrected chi connectivity index (χ3v) is 2.28. The molecule has 90 valence electrons. The van der Waals surface area contributed by atoms with Crippen LogP contribution < -0.4 is 0 Å². The molecule has 0 unspecified atom stereocenters. The van der Waals surface area contributed by atoms with Gasteiger partial charge in [0, 0.05) is 6.20 Å². The number of esters is 1. The molecule has 0 saturated heterocycles. The maximum absolute atomic E-state index is 12.7. The maximum atomic E-state index is 12.7. The molecule has 0 bridgehead atoms. The number of carbonyl (C=O) groups excluding carboxylic acids is 1. The van der Waals surface area contributed by atoms with Gasteiger partial charge in [0.1, 0.15) is 6.07 Å². The third kappa shape index (κ3) is 2.68. The average molecular weight is 261 g/mol. The minimum atomic E-state index is -2.99. The van der Waals surface area contributed by atoms with E-state index in [9.17, 15) is 13.6 Å². The van der Waals surface area contributed by atoms with E-state index in [4.69, 9.17) is 16.9 Å². The smallest absolute Gasteiger partial charge is 0.341 e. The van der Waals surface area contributed by atoms with Gasteiger partial charge in [-0.15, -0.1) is 0 Å². The first-order valence-electron chi connectivity index (χ1n) is 4.56. The van der Waals surface area contributed by atoms with E-state index in [0.29, 0.717) is 0 Å². The van der Waals surface area contributed by atoms with E-state index >= 15 is 0 Å². The summed E-state index contributed by atoms with van der Waals surface area (Å²) in [5.74, 6) is -0.851. The Morgan fingerprint density at radius 2 is 2.35 bits per heavy atom. The summed E-state index contributed by atoms with van der Waals surface area (Å²) in [6, 6.07) is 1.49. The van der Waals surface area contributed by atoms with Crippen LogP contribution in [0.4, 0.5) is 8.78 Å². The van der Waals surface area contributed by atoms with Crippen LogP contribution in [0.5, 0.6) is 0 Å². The summed E-state index contributed by atoms with van der Waals surface area (Å²) in [6.45, 7) is 1.65. The first kappa shape index (κ1) is 13.3. The van der Waals surface area contributed by atoms with Crippen LogP contribution in [0.3, 0.4) is 0 Å². The van der Waals surface area contributed by atoms with E-state index < -0.39 is 28.7 Å². The van der Waals surface area contributed by atoms with Crippen molar-refractivity contribution in [3.63, 3.8) is 0 Å². The van der Waals surface area contributed by atoms with E-state index in [2.05, 4.69) is 9.72 Å². The summed E-state index contributed by atoms with van der Waals surface area (Å²) in [7, 11) is 0. The lowest BCUT2D eigenvalue weighted by Gasteiger charge is -2.09. The van der Waals surface area contributed by atoms with Crippen LogP contribution in [0.15, 0.2) is 6.20 Å². The number of rotatable bonds is 3. The molecule has 0 aliphatic carbocycles. The highest BCUT2D eigenvalue weighted by atomic mass is 35.5. The zero-order valence-electron chi connectivity index (χ0n) is 8.71. The predicted molar refractivity (Wildman–Crippen MR) is 54.9 cm³/mol. The van der Waals surface area contributed by atoms with Crippen molar-refractivity contribution in [3.8, 4) is 6.07 Å². The number of hydrogen-bond acceptors (Lipinski definition) is 4. The highest BCUT2D eigenvalue weighted by Crippen LogP contribution is 2.31. The molecule has 0 amide bonds. The summed E-state index contributed by atoms with van der Waals surface area (Å²) >= 11 is 5.65. The number of aromatic nitrogens is 1. The maximum Gasteiger partial charge on any atom is 0.341 e. The Labute approximate surface area is 101 Å². The quantitative estimate of drug-likeness (QED) is 0.784. The minimum absolute atomic E-state index is 0.0825. The number of ether oxygens (including phenoxy) is 1. The van der Waals surface area contributed by atoms with Crippen LogP contribution in [0.25, 0.3) is 0 Å². The highest BCUT2D eigenvalue weighted by molar-refractivity contribution is 6.34. The second kappa shape index (κ2) is 5.55. The summed E-state index contributed by atoms with van der Waals surface area (Å²) in [6.07, 6.45) is -2.04. The minimum Gasteiger partial charge on any atom is -0.462 e. The van der Waals surface area contributed by atoms with Gasteiger partial charge in [0.15, 0.2) is 5.69 Å². The molecule has 0 radical (unpaired) electrons. The normalized spacial score (nSPS) is 10.1. The number of halogens is 3. The lowest BCUT2D eigenvalue weighted by molar-refractivity contribution is 0.0525. The monoisotopic (exact) mass is 260 g/mol. The van der Waals surface area contributed by atoms with Crippen molar-refractivity contribution in [2.45, 2.75) is 13.3 Å². The number of pyridine rings is 1. The Bertz CT molecular complexity index is 486. The molecule has 0 aliphatic heterocycles. The molecule has 1 rings (SSSR count). The molecule has 0 aliphatic rings. The van der Waals surface area contributed by atoms with Gasteiger partial charge in [0.25, 0.3) is 6.43 Å². The molecule has 1 heterocycles. The summed E-state index contributed by atoms with van der Waals surface area (Å²) in [5.41, 5.74) is -1.53. The topological polar surface area (TPSA) is 63.0 Å². The molecule has 0 saturated carbocycles. The van der Waals surface area contributed by atoms with E-state index in [1.165, 1.54) is 6.07 Å². The van der Waals surface area contributed by atoms with Gasteiger partial charge in [-0.05, 0) is 6.92 Å². The van der Waals surface area contributed by atoms with Crippen LogP contribution in [-0.2, 0) is 4.74 Å². The Morgan fingerprint density at radius 3 is 2.82 bits per heavy atom. The second-order valence-electron chi connectivity index (χ2n) is 2.88. The molecule has 0 fully saturated rings. The highest BCUT2D eigenvalue weighted by Gasteiger charge is 2.24. The van der Waals surface area contributed by atoms with Crippen molar-refractivity contribution in [2.24, 2.45) is 0 Å². The van der Waals surface area contributed by atoms with E-state index in [1.54, 1.807) is 6.92 Å². The second-order valence-corrected chi connectivity index (χ2v) is 3.26. The molecule has 4 nitrogen and oxygen atoms in total. The number of nitriles is 1. The first-order chi connectivity index (χ1) is 8.02. The van der Waals surface area contributed by atoms with Crippen molar-refractivity contribution >= 4 is 17.6 Å². The van der Waals surface area contributed by atoms with Gasteiger partial charge in [-0.2, -0.15) is 5.26 Å². The van der Waals surface area contributed by atoms with Crippen molar-refractivity contribution in [1.82, 2.24) is 4.98 Å². The van der Waals surface area contributed by atoms with E-state index in [-0.39, 0.29) is 12.2 Å². The van der Waals surface area contributed by atoms with Crippen molar-refractivity contribution in [3.05, 3.63) is 28.0 Å². The molecule has 0 aromatic carbocycles. The van der Waals surface area contributed by atoms with Gasteiger partial charge < -0.3 is 4.74 Å². The van der Waals surface area contributed by atoms with Gasteiger partial charge >= 0.3 is 5.97 Å². The van der Waals surface area contributed by atoms with Crippen LogP contribution in [0.2, 0.25) is 5.02 Å². The standard InChI is InChI=1S/C10H7ClF2N2O2/c1-2-17-10(16)5-4-15-6(3-14)7(8(5)11)9(12)13/h4,9H,2H2,1H3. The van der Waals surface area contributed by atoms with Crippen LogP contribution in [-0.4, -0.2) is 17.6 Å². The molecule has 7 heteroatoms. The molecule has 0 atom stereocenters. The molecule has 0 spiro atoms. The Hall–Kier alpha value is -1.74. The van der Waals surface area contributed by atoms with Crippen molar-refractivity contribution in [2.75, 3.05) is 6.61 Å². The number of carbonyl (C=O) groups is 1. The predicted octanol–water partition coefficient (Wildman–Crippen LogP) is 2.72. The fourth-order valence-corrected chi connectivity index (χ4v) is 1.44. The molecule has 0 N–H and O–H groups in total. The average Bonchev–Trinajstić information content (AvgIpc) is 2.27. The molecule has 17 heavy (non-hydrogen) atoms. The lowest BCUT2D eigenvalue weighted by Crippen LogP contribution is -2.09. The first-order valence-corrected chi connectivity index (χ1v) is 4.94. The molecule has 1 aromatic heterocycles. The van der Waals surface area contributed by atoms with Crippen LogP contribution in [0.1, 0.15) is 35.0 Å². The van der Waals surface area contributed by atoms with Crippen LogP contribution in [0, 0.1) is 11.3 Å². The summed E-state index contributed by atoms with van der Waals surface area (Å²) in [4.78, 5) is 14.8. The van der Waals surface area contributed by atoms with Gasteiger partial charge in [-0.25, -0.2) is 18.6 Å². The SMILES string of the molecule is CCOC(=O)c1cnc(C#N)c(C(F)F)c1Cl. The summed E-state index contributed by atoms with van der Waals surface area (Å²) < 4.78 is 30.0. The number of alkyl halides is 2. The van der Waals surface area contributed by atoms with Gasteiger partial charge in [0.2, 0.25) is 0 Å². The molecule has 1 aromatic rings. The zero-order valence-corrected chi connectivity index (χ0v) is 9.46. The van der Waals surface area contributed by atoms with E-state index in [0.717, 1.165) is 6.20 Å². The summed E-state index contributed by atoms with van der Waals surface area (Å²) in [5, 5.41) is 8.11. The number of nitrogens with zero attached hydrogens (tertiary/aromatic N) is 2. The largest absolute Gasteiger partial charge is 0.462 e. The van der Waals surface area contributed by atoms with Crippen molar-refractivity contribution in [1.29, 1.82) is 5.26 Å². The molecular weight excluding hydrogens is 254 g/mol. The fourth-order valence-electron chi connectivity index (χ4n) is 1.14. The lowest BCUT2D eigenvalue weighted by atomic mass is 10.1. The van der Waals surface area contributed by atoms with E-state index in [1.807, 2.05) is 0 Å².